The van der Waals surface area contributed by atoms with Gasteiger partial charge in [0.15, 0.2) is 0 Å². The average molecular weight is 620 g/mol. The zero-order valence-electron chi connectivity index (χ0n) is 22.3. The number of benzene rings is 1. The monoisotopic (exact) mass is 619 g/mol. The van der Waals surface area contributed by atoms with Gasteiger partial charge in [-0.15, -0.1) is 6.58 Å². The molecular formula is C28H29BrF3N5O3. The molecule has 0 saturated heterocycles. The van der Waals surface area contributed by atoms with E-state index in [1.54, 1.807) is 25.1 Å². The molecule has 1 aliphatic rings. The van der Waals surface area contributed by atoms with Crippen molar-refractivity contribution < 1.29 is 22.7 Å². The van der Waals surface area contributed by atoms with Gasteiger partial charge in [-0.3, -0.25) is 9.59 Å². The van der Waals surface area contributed by atoms with E-state index in [1.165, 1.54) is 27.8 Å². The van der Waals surface area contributed by atoms with Gasteiger partial charge in [0.2, 0.25) is 5.95 Å². The number of carbonyl (C=O) groups excluding carboxylic acids is 1. The molecule has 1 N–H and O–H groups in total. The summed E-state index contributed by atoms with van der Waals surface area (Å²) in [4.78, 5) is 37.7. The number of halogens is 4. The molecule has 0 bridgehead atoms. The van der Waals surface area contributed by atoms with Crippen LogP contribution >= 0.6 is 15.9 Å². The van der Waals surface area contributed by atoms with E-state index >= 15 is 0 Å². The molecule has 40 heavy (non-hydrogen) atoms. The molecule has 0 aliphatic carbocycles. The van der Waals surface area contributed by atoms with Crippen LogP contribution in [0.5, 0.6) is 5.75 Å². The summed E-state index contributed by atoms with van der Waals surface area (Å²) in [6, 6.07) is 6.04. The summed E-state index contributed by atoms with van der Waals surface area (Å²) >= 11 is 2.91. The Balaban J connectivity index is 1.74. The quantitative estimate of drug-likeness (QED) is 0.322. The maximum Gasteiger partial charge on any atom is 0.417 e. The molecule has 3 aromatic rings. The smallest absolute Gasteiger partial charge is 0.417 e. The van der Waals surface area contributed by atoms with E-state index in [0.29, 0.717) is 29.4 Å². The zero-order valence-corrected chi connectivity index (χ0v) is 23.8. The van der Waals surface area contributed by atoms with E-state index in [0.717, 1.165) is 12.5 Å². The third kappa shape index (κ3) is 6.06. The van der Waals surface area contributed by atoms with Crippen LogP contribution in [0.25, 0.3) is 5.82 Å². The van der Waals surface area contributed by atoms with Crippen molar-refractivity contribution in [3.05, 3.63) is 86.4 Å². The topological polar surface area (TPSA) is 89.3 Å². The van der Waals surface area contributed by atoms with Crippen LogP contribution in [0.1, 0.15) is 54.4 Å². The highest BCUT2D eigenvalue weighted by molar-refractivity contribution is 9.10. The van der Waals surface area contributed by atoms with Gasteiger partial charge in [0, 0.05) is 27.7 Å². The predicted octanol–water partition coefficient (Wildman–Crippen LogP) is 5.77. The van der Waals surface area contributed by atoms with Crippen LogP contribution in [0.2, 0.25) is 0 Å². The number of pyridine rings is 1. The lowest BCUT2D eigenvalue weighted by Crippen LogP contribution is -2.46. The molecule has 2 aromatic heterocycles. The number of hydrogen-bond donors (Lipinski definition) is 1. The van der Waals surface area contributed by atoms with Gasteiger partial charge in [-0.2, -0.15) is 13.2 Å². The van der Waals surface area contributed by atoms with Crippen molar-refractivity contribution in [1.29, 1.82) is 0 Å². The Kier molecular flexibility index (Phi) is 8.67. The number of nitrogens with zero attached hydrogens (tertiary/aromatic N) is 4. The molecule has 0 saturated carbocycles. The molecule has 12 heteroatoms. The summed E-state index contributed by atoms with van der Waals surface area (Å²) in [6.07, 6.45) is -0.432. The highest BCUT2D eigenvalue weighted by Gasteiger charge is 2.36. The van der Waals surface area contributed by atoms with E-state index in [4.69, 9.17) is 9.72 Å². The Morgan fingerprint density at radius 1 is 1.32 bits per heavy atom. The first-order valence-electron chi connectivity index (χ1n) is 12.7. The molecular weight excluding hydrogens is 591 g/mol. The van der Waals surface area contributed by atoms with Crippen LogP contribution in [0.4, 0.5) is 19.1 Å². The molecule has 0 unspecified atom stereocenters. The van der Waals surface area contributed by atoms with Gasteiger partial charge in [-0.1, -0.05) is 28.9 Å². The van der Waals surface area contributed by atoms with E-state index in [2.05, 4.69) is 32.8 Å². The summed E-state index contributed by atoms with van der Waals surface area (Å²) in [5.74, 6) is 0.530. The van der Waals surface area contributed by atoms with E-state index < -0.39 is 23.7 Å². The van der Waals surface area contributed by atoms with Crippen LogP contribution in [0, 0.1) is 0 Å². The first-order chi connectivity index (χ1) is 18.9. The number of anilines is 1. The van der Waals surface area contributed by atoms with Gasteiger partial charge < -0.3 is 15.0 Å². The lowest BCUT2D eigenvalue weighted by molar-refractivity contribution is -0.138. The van der Waals surface area contributed by atoms with Crippen molar-refractivity contribution >= 4 is 27.8 Å². The Hall–Kier alpha value is -3.67. The number of nitrogens with one attached hydrogen (secondary N) is 1. The second-order valence-corrected chi connectivity index (χ2v) is 10.4. The number of carbonyl (C=O) groups is 1. The van der Waals surface area contributed by atoms with Gasteiger partial charge in [-0.05, 0) is 57.0 Å². The minimum absolute atomic E-state index is 0.0444. The van der Waals surface area contributed by atoms with Crippen molar-refractivity contribution in [1.82, 2.24) is 19.4 Å². The molecule has 1 aromatic carbocycles. The third-order valence-electron chi connectivity index (χ3n) is 6.53. The molecule has 3 heterocycles. The first kappa shape index (κ1) is 29.3. The number of alkyl halides is 3. The van der Waals surface area contributed by atoms with Gasteiger partial charge in [-0.25, -0.2) is 14.5 Å². The van der Waals surface area contributed by atoms with Crippen molar-refractivity contribution in [2.24, 2.45) is 0 Å². The summed E-state index contributed by atoms with van der Waals surface area (Å²) < 4.78 is 47.2. The SMILES string of the molecule is C=C[C@H](C)Nc1nc2c(c(=O)n1-c1ccc(OCCC)cn1)C[C@@H](C)N(C(=O)c1ccc(Br)c(C(F)(F)F)c1)C2. The van der Waals surface area contributed by atoms with Crippen molar-refractivity contribution in [3.63, 3.8) is 0 Å². The first-order valence-corrected chi connectivity index (χ1v) is 13.5. The van der Waals surface area contributed by atoms with Crippen LogP contribution in [-0.2, 0) is 19.1 Å². The van der Waals surface area contributed by atoms with Gasteiger partial charge in [0.05, 0.1) is 30.6 Å². The highest BCUT2D eigenvalue weighted by atomic mass is 79.9. The van der Waals surface area contributed by atoms with Crippen LogP contribution < -0.4 is 15.6 Å². The second kappa shape index (κ2) is 11.8. The fraction of sp³-hybridized carbons (Fsp3) is 0.357. The molecule has 212 valence electrons. The Bertz CT molecular complexity index is 1470. The standard InChI is InChI=1S/C28H29BrF3N5O3/c1-5-11-40-19-8-10-24(33-14-19)37-26(39)20-12-17(4)36(15-23(20)35-27(37)34-16(3)6-2)25(38)18-7-9-22(29)21(13-18)28(30,31)32/h6-10,13-14,16-17H,2,5,11-12,15H2,1,3-4H3,(H,34,35)/t16-,17+/m0/s1. The molecule has 8 nitrogen and oxygen atoms in total. The number of hydrogen-bond acceptors (Lipinski definition) is 6. The maximum atomic E-state index is 13.8. The molecule has 0 fully saturated rings. The van der Waals surface area contributed by atoms with Gasteiger partial charge in [0.1, 0.15) is 11.6 Å². The molecule has 0 radical (unpaired) electrons. The van der Waals surface area contributed by atoms with Crippen LogP contribution in [-0.4, -0.2) is 44.0 Å². The normalized spacial score (nSPS) is 15.8. The van der Waals surface area contributed by atoms with Crippen molar-refractivity contribution in [2.75, 3.05) is 11.9 Å². The lowest BCUT2D eigenvalue weighted by atomic mass is 9.98. The van der Waals surface area contributed by atoms with Gasteiger partial charge in [0.25, 0.3) is 11.5 Å². The summed E-state index contributed by atoms with van der Waals surface area (Å²) in [7, 11) is 0. The van der Waals surface area contributed by atoms with E-state index in [9.17, 15) is 22.8 Å². The fourth-order valence-electron chi connectivity index (χ4n) is 4.35. The zero-order chi connectivity index (χ0) is 29.2. The van der Waals surface area contributed by atoms with Crippen molar-refractivity contribution in [3.8, 4) is 11.6 Å². The predicted molar refractivity (Wildman–Crippen MR) is 149 cm³/mol. The summed E-state index contributed by atoms with van der Waals surface area (Å²) in [6.45, 7) is 9.84. The Labute approximate surface area is 238 Å². The summed E-state index contributed by atoms with van der Waals surface area (Å²) in [5, 5.41) is 3.14. The third-order valence-corrected chi connectivity index (χ3v) is 7.22. The average Bonchev–Trinajstić information content (AvgIpc) is 2.92. The number of aromatic nitrogens is 3. The van der Waals surface area contributed by atoms with E-state index in [1.807, 2.05) is 13.8 Å². The van der Waals surface area contributed by atoms with Gasteiger partial charge >= 0.3 is 6.18 Å². The Morgan fingerprint density at radius 3 is 2.70 bits per heavy atom. The van der Waals surface area contributed by atoms with Crippen molar-refractivity contribution in [2.45, 2.75) is 58.4 Å². The highest BCUT2D eigenvalue weighted by Crippen LogP contribution is 2.36. The second-order valence-electron chi connectivity index (χ2n) is 9.55. The maximum absolute atomic E-state index is 13.8. The molecule has 1 amide bonds. The molecule has 1 aliphatic heterocycles. The number of rotatable bonds is 8. The molecule has 2 atom stereocenters. The largest absolute Gasteiger partial charge is 0.492 e. The van der Waals surface area contributed by atoms with E-state index in [-0.39, 0.29) is 40.6 Å². The number of amides is 1. The Morgan fingerprint density at radius 2 is 2.08 bits per heavy atom. The molecule has 4 rings (SSSR count). The number of fused-ring (bicyclic) bond motifs is 1. The van der Waals surface area contributed by atoms with Crippen LogP contribution in [0.3, 0.4) is 0 Å². The summed E-state index contributed by atoms with van der Waals surface area (Å²) in [5.41, 5.74) is -0.614. The van der Waals surface area contributed by atoms with Crippen LogP contribution in [0.15, 0.2) is 58.5 Å². The minimum Gasteiger partial charge on any atom is -0.492 e. The number of ether oxygens (including phenoxy) is 1. The fourth-order valence-corrected chi connectivity index (χ4v) is 4.83. The minimum atomic E-state index is -4.63. The lowest BCUT2D eigenvalue weighted by Gasteiger charge is -2.35. The molecule has 0 spiro atoms.